The van der Waals surface area contributed by atoms with Crippen LogP contribution in [0.2, 0.25) is 9.62 Å². The van der Waals surface area contributed by atoms with Gasteiger partial charge in [-0.25, -0.2) is 0 Å². The van der Waals surface area contributed by atoms with Crippen LogP contribution < -0.4 is 11.5 Å². The summed E-state index contributed by atoms with van der Waals surface area (Å²) in [6.07, 6.45) is 2.95. The molecule has 0 aromatic heterocycles. The zero-order valence-corrected chi connectivity index (χ0v) is 17.5. The Morgan fingerprint density at radius 3 is 1.26 bits per heavy atom. The minimum absolute atomic E-state index is 0.0833. The van der Waals surface area contributed by atoms with Gasteiger partial charge in [0.2, 0.25) is 0 Å². The first-order chi connectivity index (χ1) is 8.59. The third-order valence-electron chi connectivity index (χ3n) is 1.68. The molecule has 0 amide bonds. The normalized spacial score (nSPS) is 8.95. The van der Waals surface area contributed by atoms with Crippen LogP contribution in [0.25, 0.3) is 0 Å². The largest absolute Gasteiger partial charge is 0.415 e. The summed E-state index contributed by atoms with van der Waals surface area (Å²) in [6, 6.07) is 0. The van der Waals surface area contributed by atoms with Gasteiger partial charge in [0.25, 0.3) is 0 Å². The van der Waals surface area contributed by atoms with Gasteiger partial charge in [-0.2, -0.15) is 0 Å². The molecule has 7 heteroatoms. The molecule has 0 saturated heterocycles. The summed E-state index contributed by atoms with van der Waals surface area (Å²) in [5.74, 6) is 1.86. The average molecular weight is 423 g/mol. The van der Waals surface area contributed by atoms with Crippen molar-refractivity contribution in [3.05, 3.63) is 0 Å². The summed E-state index contributed by atoms with van der Waals surface area (Å²) in [6.45, 7) is 9.32. The quantitative estimate of drug-likeness (QED) is 0.296. The maximum absolute atomic E-state index is 4.66. The van der Waals surface area contributed by atoms with Crippen molar-refractivity contribution < 1.29 is 18.6 Å². The van der Waals surface area contributed by atoms with Crippen molar-refractivity contribution in [2.75, 3.05) is 0 Å². The number of nitrogens with two attached hydrogens (primary N) is 2. The zero-order valence-electron chi connectivity index (χ0n) is 12.2. The molecule has 0 aliphatic carbocycles. The Morgan fingerprint density at radius 2 is 1.11 bits per heavy atom. The molecule has 0 radical (unpaired) electrons. The molecular weight excluding hydrogens is 396 g/mol. The Labute approximate surface area is 149 Å². The summed E-state index contributed by atoms with van der Waals surface area (Å²) in [7, 11) is 0. The third-order valence-corrected chi connectivity index (χ3v) is 4.26. The fourth-order valence-electron chi connectivity index (χ4n) is 0.740. The molecule has 0 aliphatic heterocycles. The van der Waals surface area contributed by atoms with E-state index in [4.69, 9.17) is 0 Å². The molecule has 0 aromatic rings. The van der Waals surface area contributed by atoms with E-state index in [0.29, 0.717) is 18.6 Å². The van der Waals surface area contributed by atoms with Crippen LogP contribution in [0.15, 0.2) is 0 Å². The maximum atomic E-state index is 4.66. The Bertz CT molecular complexity index is 194. The van der Waals surface area contributed by atoms with Crippen molar-refractivity contribution >= 4 is 58.3 Å². The van der Waals surface area contributed by atoms with E-state index in [9.17, 15) is 0 Å². The molecule has 0 heterocycles. The van der Waals surface area contributed by atoms with Crippen molar-refractivity contribution in [1.82, 2.24) is 0 Å². The van der Waals surface area contributed by atoms with Crippen LogP contribution in [-0.4, -0.2) is 8.64 Å². The van der Waals surface area contributed by atoms with Crippen molar-refractivity contribution in [2.45, 2.75) is 50.2 Å². The number of hydrogen-bond donors (Lipinski definition) is 2. The zero-order chi connectivity index (χ0) is 15.8. The average Bonchev–Trinajstić information content (AvgIpc) is 2.14. The molecule has 19 heavy (non-hydrogen) atoms. The number of hydrogen-bond acceptors (Lipinski definition) is 4. The van der Waals surface area contributed by atoms with E-state index in [0.717, 1.165) is 11.8 Å². The van der Waals surface area contributed by atoms with Crippen molar-refractivity contribution in [1.29, 1.82) is 0 Å². The molecule has 2 nitrogen and oxygen atoms in total. The molecule has 0 bridgehead atoms. The SMILES string of the molecule is CC(C)C[CH2][Mo+2][CH2]CC(C)C.NC(=S)[S-].NC(=S)[S-]. The molecular formula is C12H26MoN2S4. The molecule has 4 N–H and O–H groups in total. The van der Waals surface area contributed by atoms with E-state index in [-0.39, 0.29) is 8.64 Å². The van der Waals surface area contributed by atoms with Gasteiger partial charge in [-0.05, 0) is 0 Å². The van der Waals surface area contributed by atoms with Crippen molar-refractivity contribution in [3.8, 4) is 0 Å². The van der Waals surface area contributed by atoms with E-state index in [1.165, 1.54) is 12.8 Å². The minimum Gasteiger partial charge on any atom is -0.415 e. The molecule has 0 fully saturated rings. The maximum Gasteiger partial charge on any atom is -0.0708 e. The van der Waals surface area contributed by atoms with Crippen LogP contribution in [-0.2, 0) is 43.8 Å². The van der Waals surface area contributed by atoms with Crippen molar-refractivity contribution in [3.63, 3.8) is 0 Å². The Kier molecular flexibility index (Phi) is 24.8. The first kappa shape index (κ1) is 24.9. The second-order valence-corrected chi connectivity index (χ2v) is 9.90. The Morgan fingerprint density at radius 1 is 0.895 bits per heavy atom. The fourth-order valence-corrected chi connectivity index (χ4v) is 4.38. The van der Waals surface area contributed by atoms with Crippen LogP contribution in [0.1, 0.15) is 40.5 Å². The fraction of sp³-hybridized carbons (Fsp3) is 0.833. The van der Waals surface area contributed by atoms with Gasteiger partial charge in [-0.3, -0.25) is 0 Å². The van der Waals surface area contributed by atoms with Gasteiger partial charge in [-0.15, -0.1) is 0 Å². The van der Waals surface area contributed by atoms with E-state index in [1.54, 1.807) is 9.62 Å². The first-order valence-electron chi connectivity index (χ1n) is 6.10. The second kappa shape index (κ2) is 18.9. The van der Waals surface area contributed by atoms with Gasteiger partial charge in [0, 0.05) is 0 Å². The molecule has 0 atom stereocenters. The van der Waals surface area contributed by atoms with Crippen LogP contribution in [0.3, 0.4) is 0 Å². The van der Waals surface area contributed by atoms with E-state index in [1.807, 2.05) is 0 Å². The van der Waals surface area contributed by atoms with E-state index >= 15 is 0 Å². The van der Waals surface area contributed by atoms with Crippen LogP contribution in [0, 0.1) is 11.8 Å². The summed E-state index contributed by atoms with van der Waals surface area (Å²) < 4.78 is 0.167. The molecule has 0 unspecified atom stereocenters. The van der Waals surface area contributed by atoms with Crippen LogP contribution in [0.5, 0.6) is 0 Å². The first-order valence-corrected chi connectivity index (χ1v) is 10.6. The van der Waals surface area contributed by atoms with E-state index < -0.39 is 0 Å². The molecule has 0 aromatic carbocycles. The van der Waals surface area contributed by atoms with Gasteiger partial charge < -0.3 is 61.2 Å². The molecule has 0 rings (SSSR count). The second-order valence-electron chi connectivity index (χ2n) is 4.62. The summed E-state index contributed by atoms with van der Waals surface area (Å²) >= 11 is 16.9. The topological polar surface area (TPSA) is 52.0 Å². The van der Waals surface area contributed by atoms with Gasteiger partial charge in [0.15, 0.2) is 0 Å². The third kappa shape index (κ3) is 68.1. The van der Waals surface area contributed by atoms with Crippen molar-refractivity contribution in [2.24, 2.45) is 23.3 Å². The van der Waals surface area contributed by atoms with Gasteiger partial charge in [0.1, 0.15) is 0 Å². The van der Waals surface area contributed by atoms with Crippen LogP contribution >= 0.6 is 24.4 Å². The summed E-state index contributed by atoms with van der Waals surface area (Å²) in [5, 5.41) is 0. The summed E-state index contributed by atoms with van der Waals surface area (Å²) in [4.78, 5) is 3.13. The smallest absolute Gasteiger partial charge is 0.0708 e. The molecule has 114 valence electrons. The Hall–Kier alpha value is 0.908. The standard InChI is InChI=1S/2C5H11.2CH3NS2.Mo/c2*1-4-5(2)3;2*2-1(3)4;/h2*5H,1,4H2,2-3H3;2*(H3,2,3,4);/q;;;;+2/p-2. The van der Waals surface area contributed by atoms with Crippen LogP contribution in [0.4, 0.5) is 0 Å². The number of rotatable bonds is 6. The molecule has 0 saturated carbocycles. The number of thiocarbonyl (C=S) groups is 2. The molecule has 0 aliphatic rings. The monoisotopic (exact) mass is 424 g/mol. The summed E-state index contributed by atoms with van der Waals surface area (Å²) in [5.41, 5.74) is 9.31. The van der Waals surface area contributed by atoms with Gasteiger partial charge in [-0.1, -0.05) is 8.64 Å². The predicted octanol–water partition coefficient (Wildman–Crippen LogP) is 3.55. The van der Waals surface area contributed by atoms with Gasteiger partial charge in [0.05, 0.1) is 0 Å². The van der Waals surface area contributed by atoms with Gasteiger partial charge >= 0.3 is 80.6 Å². The minimum atomic E-state index is 0.0833. The van der Waals surface area contributed by atoms with E-state index in [2.05, 4.69) is 88.9 Å². The molecule has 0 spiro atoms. The Balaban J connectivity index is -0.000000264. The predicted molar refractivity (Wildman–Crippen MR) is 96.8 cm³/mol.